The highest BCUT2D eigenvalue weighted by atomic mass is 16.5. The van der Waals surface area contributed by atoms with E-state index in [4.69, 9.17) is 9.47 Å². The number of methoxy groups -OCH3 is 1. The maximum Gasteiger partial charge on any atom is 0.227 e. The van der Waals surface area contributed by atoms with Crippen molar-refractivity contribution in [3.8, 4) is 0 Å². The zero-order chi connectivity index (χ0) is 17.6. The van der Waals surface area contributed by atoms with Gasteiger partial charge in [0.15, 0.2) is 0 Å². The quantitative estimate of drug-likeness (QED) is 0.765. The van der Waals surface area contributed by atoms with Crippen molar-refractivity contribution in [1.82, 2.24) is 5.32 Å². The molecule has 2 aliphatic heterocycles. The Morgan fingerprint density at radius 1 is 1.28 bits per heavy atom. The van der Waals surface area contributed by atoms with Gasteiger partial charge in [0.1, 0.15) is 0 Å². The van der Waals surface area contributed by atoms with E-state index in [1.165, 1.54) is 0 Å². The third-order valence-corrected chi connectivity index (χ3v) is 4.63. The minimum atomic E-state index is -0.317. The molecule has 0 aromatic heterocycles. The number of amides is 2. The molecule has 2 aliphatic rings. The van der Waals surface area contributed by atoms with Gasteiger partial charge in [-0.15, -0.1) is 0 Å². The van der Waals surface area contributed by atoms with Crippen molar-refractivity contribution in [3.05, 3.63) is 24.3 Å². The van der Waals surface area contributed by atoms with Crippen LogP contribution >= 0.6 is 0 Å². The van der Waals surface area contributed by atoms with Crippen molar-refractivity contribution in [2.75, 3.05) is 62.9 Å². The molecular weight excluding hydrogens is 322 g/mol. The SMILES string of the molecule is COCCNC(=O)C1CC(=O)N(c2ccccc2N2CCOCC2)C1. The molecule has 0 bridgehead atoms. The second kappa shape index (κ2) is 8.31. The van der Waals surface area contributed by atoms with Crippen molar-refractivity contribution >= 4 is 23.2 Å². The van der Waals surface area contributed by atoms with Gasteiger partial charge >= 0.3 is 0 Å². The molecule has 0 aliphatic carbocycles. The minimum Gasteiger partial charge on any atom is -0.383 e. The highest BCUT2D eigenvalue weighted by Crippen LogP contribution is 2.34. The van der Waals surface area contributed by atoms with E-state index in [-0.39, 0.29) is 24.2 Å². The summed E-state index contributed by atoms with van der Waals surface area (Å²) < 4.78 is 10.4. The van der Waals surface area contributed by atoms with Crippen LogP contribution in [0.5, 0.6) is 0 Å². The van der Waals surface area contributed by atoms with E-state index in [0.717, 1.165) is 24.5 Å². The Hall–Kier alpha value is -2.12. The third-order valence-electron chi connectivity index (χ3n) is 4.63. The molecule has 136 valence electrons. The Kier molecular flexibility index (Phi) is 5.88. The van der Waals surface area contributed by atoms with Gasteiger partial charge in [-0.3, -0.25) is 9.59 Å². The molecule has 2 saturated heterocycles. The smallest absolute Gasteiger partial charge is 0.227 e. The molecule has 1 aromatic rings. The summed E-state index contributed by atoms with van der Waals surface area (Å²) in [7, 11) is 1.59. The Labute approximate surface area is 147 Å². The molecule has 0 saturated carbocycles. The first-order valence-electron chi connectivity index (χ1n) is 8.69. The number of para-hydroxylation sites is 2. The Bertz CT molecular complexity index is 616. The van der Waals surface area contributed by atoms with Crippen molar-refractivity contribution in [3.63, 3.8) is 0 Å². The van der Waals surface area contributed by atoms with E-state index >= 15 is 0 Å². The number of anilines is 2. The predicted molar refractivity (Wildman–Crippen MR) is 94.8 cm³/mol. The van der Waals surface area contributed by atoms with Gasteiger partial charge in [-0.25, -0.2) is 0 Å². The molecule has 2 heterocycles. The Morgan fingerprint density at radius 3 is 2.72 bits per heavy atom. The van der Waals surface area contributed by atoms with Crippen LogP contribution in [0.2, 0.25) is 0 Å². The summed E-state index contributed by atoms with van der Waals surface area (Å²) in [5, 5.41) is 2.83. The number of benzene rings is 1. The first kappa shape index (κ1) is 17.7. The molecule has 7 nitrogen and oxygen atoms in total. The van der Waals surface area contributed by atoms with Crippen LogP contribution in [0, 0.1) is 5.92 Å². The summed E-state index contributed by atoms with van der Waals surface area (Å²) in [5.41, 5.74) is 1.90. The summed E-state index contributed by atoms with van der Waals surface area (Å²) in [6.45, 7) is 4.33. The van der Waals surface area contributed by atoms with Crippen LogP contribution in [0.15, 0.2) is 24.3 Å². The molecule has 2 fully saturated rings. The average Bonchev–Trinajstić information content (AvgIpc) is 3.04. The topological polar surface area (TPSA) is 71.1 Å². The van der Waals surface area contributed by atoms with E-state index in [1.54, 1.807) is 12.0 Å². The lowest BCUT2D eigenvalue weighted by atomic mass is 10.1. The molecule has 1 unspecified atom stereocenters. The molecule has 25 heavy (non-hydrogen) atoms. The van der Waals surface area contributed by atoms with Crippen LogP contribution in [0.1, 0.15) is 6.42 Å². The number of carbonyl (C=O) groups excluding carboxylic acids is 2. The van der Waals surface area contributed by atoms with Gasteiger partial charge in [0.2, 0.25) is 11.8 Å². The molecule has 1 atom stereocenters. The van der Waals surface area contributed by atoms with Crippen LogP contribution in [-0.2, 0) is 19.1 Å². The fourth-order valence-corrected chi connectivity index (χ4v) is 3.30. The summed E-state index contributed by atoms with van der Waals surface area (Å²) in [6.07, 6.45) is 0.246. The van der Waals surface area contributed by atoms with Gasteiger partial charge in [-0.1, -0.05) is 12.1 Å². The number of hydrogen-bond acceptors (Lipinski definition) is 5. The van der Waals surface area contributed by atoms with Gasteiger partial charge in [0.25, 0.3) is 0 Å². The highest BCUT2D eigenvalue weighted by molar-refractivity contribution is 6.02. The van der Waals surface area contributed by atoms with E-state index < -0.39 is 0 Å². The van der Waals surface area contributed by atoms with Gasteiger partial charge < -0.3 is 24.6 Å². The summed E-state index contributed by atoms with van der Waals surface area (Å²) in [4.78, 5) is 28.8. The van der Waals surface area contributed by atoms with E-state index in [0.29, 0.717) is 32.9 Å². The lowest BCUT2D eigenvalue weighted by Crippen LogP contribution is -2.38. The normalized spacial score (nSPS) is 20.8. The van der Waals surface area contributed by atoms with Crippen molar-refractivity contribution in [2.24, 2.45) is 5.92 Å². The minimum absolute atomic E-state index is 0.00685. The first-order valence-corrected chi connectivity index (χ1v) is 8.69. The number of rotatable bonds is 6. The molecule has 1 aromatic carbocycles. The molecule has 7 heteroatoms. The van der Waals surface area contributed by atoms with Gasteiger partial charge in [0, 0.05) is 39.7 Å². The number of carbonyl (C=O) groups is 2. The maximum atomic E-state index is 12.5. The van der Waals surface area contributed by atoms with Crippen LogP contribution < -0.4 is 15.1 Å². The van der Waals surface area contributed by atoms with Gasteiger partial charge in [0.05, 0.1) is 37.1 Å². The first-order chi connectivity index (χ1) is 12.2. The standard InChI is InChI=1S/C18H25N3O4/c1-24-9-6-19-18(23)14-12-17(22)21(13-14)16-5-3-2-4-15(16)20-7-10-25-11-8-20/h2-5,14H,6-13H2,1H3,(H,19,23). The molecule has 1 N–H and O–H groups in total. The molecule has 2 amide bonds. The fourth-order valence-electron chi connectivity index (χ4n) is 3.30. The molecule has 0 spiro atoms. The van der Waals surface area contributed by atoms with E-state index in [9.17, 15) is 9.59 Å². The van der Waals surface area contributed by atoms with Crippen molar-refractivity contribution in [2.45, 2.75) is 6.42 Å². The highest BCUT2D eigenvalue weighted by Gasteiger charge is 2.36. The number of nitrogens with one attached hydrogen (secondary N) is 1. The lowest BCUT2D eigenvalue weighted by molar-refractivity contribution is -0.126. The van der Waals surface area contributed by atoms with Crippen LogP contribution in [0.4, 0.5) is 11.4 Å². The van der Waals surface area contributed by atoms with Crippen LogP contribution in [0.25, 0.3) is 0 Å². The lowest BCUT2D eigenvalue weighted by Gasteiger charge is -2.32. The third kappa shape index (κ3) is 4.11. The zero-order valence-corrected chi connectivity index (χ0v) is 14.6. The second-order valence-electron chi connectivity index (χ2n) is 6.28. The van der Waals surface area contributed by atoms with Crippen molar-refractivity contribution < 1.29 is 19.1 Å². The van der Waals surface area contributed by atoms with Gasteiger partial charge in [-0.05, 0) is 12.1 Å². The van der Waals surface area contributed by atoms with Crippen LogP contribution in [-0.4, -0.2) is 64.9 Å². The molecule has 3 rings (SSSR count). The molecular formula is C18H25N3O4. The Balaban J connectivity index is 1.71. The summed E-state index contributed by atoms with van der Waals surface area (Å²) in [6, 6.07) is 7.89. The number of hydrogen-bond donors (Lipinski definition) is 1. The van der Waals surface area contributed by atoms with Crippen molar-refractivity contribution in [1.29, 1.82) is 0 Å². The Morgan fingerprint density at radius 2 is 2.00 bits per heavy atom. The second-order valence-corrected chi connectivity index (χ2v) is 6.28. The monoisotopic (exact) mass is 347 g/mol. The summed E-state index contributed by atoms with van der Waals surface area (Å²) in [5.74, 6) is -0.411. The van der Waals surface area contributed by atoms with E-state index in [1.807, 2.05) is 24.3 Å². The molecule has 0 radical (unpaired) electrons. The van der Waals surface area contributed by atoms with E-state index in [2.05, 4.69) is 10.2 Å². The predicted octanol–water partition coefficient (Wildman–Crippen LogP) is 0.639. The average molecular weight is 347 g/mol. The zero-order valence-electron chi connectivity index (χ0n) is 14.6. The number of ether oxygens (including phenoxy) is 2. The number of morpholine rings is 1. The number of nitrogens with zero attached hydrogens (tertiary/aromatic N) is 2. The van der Waals surface area contributed by atoms with Gasteiger partial charge in [-0.2, -0.15) is 0 Å². The maximum absolute atomic E-state index is 12.5. The fraction of sp³-hybridized carbons (Fsp3) is 0.556. The van der Waals surface area contributed by atoms with Crippen LogP contribution in [0.3, 0.4) is 0 Å². The largest absolute Gasteiger partial charge is 0.383 e. The summed E-state index contributed by atoms with van der Waals surface area (Å²) >= 11 is 0.